The van der Waals surface area contributed by atoms with Gasteiger partial charge < -0.3 is 9.84 Å². The SMILES string of the molecule is COC1(O)C=CC(C(=O)c2ccccc2)=CC1.O=C1C=CC=C2C1=Cc1ccccc12. The van der Waals surface area contributed by atoms with E-state index in [1.54, 1.807) is 30.4 Å². The molecule has 3 aliphatic carbocycles. The van der Waals surface area contributed by atoms with E-state index < -0.39 is 5.79 Å². The Morgan fingerprint density at radius 2 is 1.74 bits per heavy atom. The molecule has 154 valence electrons. The Labute approximate surface area is 181 Å². The molecule has 0 aliphatic heterocycles. The van der Waals surface area contributed by atoms with Crippen LogP contribution in [-0.4, -0.2) is 29.6 Å². The average Bonchev–Trinajstić information content (AvgIpc) is 3.20. The Hall–Kier alpha value is -3.60. The highest BCUT2D eigenvalue weighted by Gasteiger charge is 2.26. The third kappa shape index (κ3) is 4.31. The van der Waals surface area contributed by atoms with E-state index in [0.717, 1.165) is 16.7 Å². The van der Waals surface area contributed by atoms with Crippen molar-refractivity contribution in [2.75, 3.05) is 7.11 Å². The maximum atomic E-state index is 12.1. The van der Waals surface area contributed by atoms with Crippen molar-refractivity contribution in [3.05, 3.63) is 119 Å². The van der Waals surface area contributed by atoms with Crippen LogP contribution in [0.15, 0.2) is 102 Å². The smallest absolute Gasteiger partial charge is 0.192 e. The fourth-order valence-electron chi connectivity index (χ4n) is 3.64. The van der Waals surface area contributed by atoms with Gasteiger partial charge in [0.25, 0.3) is 0 Å². The van der Waals surface area contributed by atoms with Gasteiger partial charge in [-0.25, -0.2) is 0 Å². The topological polar surface area (TPSA) is 63.6 Å². The van der Waals surface area contributed by atoms with Crippen LogP contribution in [0.5, 0.6) is 0 Å². The average molecular weight is 410 g/mol. The standard InChI is InChI=1S/C14H14O3.C13H8O/c1-17-14(16)9-7-12(8-10-14)13(15)11-5-3-2-4-6-11;14-13-7-3-6-11-10-5-2-1-4-9(10)8-12(11)13/h2-9,16H,10H2,1H3;1-8H. The van der Waals surface area contributed by atoms with Crippen molar-refractivity contribution in [3.63, 3.8) is 0 Å². The first kappa shape index (κ1) is 20.7. The lowest BCUT2D eigenvalue weighted by Crippen LogP contribution is -2.29. The largest absolute Gasteiger partial charge is 0.362 e. The zero-order chi connectivity index (χ0) is 21.8. The van der Waals surface area contributed by atoms with Crippen LogP contribution in [0, 0.1) is 0 Å². The van der Waals surface area contributed by atoms with E-state index in [9.17, 15) is 14.7 Å². The van der Waals surface area contributed by atoms with Crippen LogP contribution < -0.4 is 0 Å². The number of ketones is 2. The molecule has 0 fully saturated rings. The highest BCUT2D eigenvalue weighted by atomic mass is 16.6. The lowest BCUT2D eigenvalue weighted by molar-refractivity contribution is -0.143. The number of carbonyl (C=O) groups excluding carboxylic acids is 2. The van der Waals surface area contributed by atoms with Crippen LogP contribution in [0.25, 0.3) is 11.6 Å². The predicted molar refractivity (Wildman–Crippen MR) is 121 cm³/mol. The zero-order valence-corrected chi connectivity index (χ0v) is 17.1. The van der Waals surface area contributed by atoms with Crippen molar-refractivity contribution < 1.29 is 19.4 Å². The second kappa shape index (κ2) is 8.64. The molecule has 4 heteroatoms. The summed E-state index contributed by atoms with van der Waals surface area (Å²) in [6.07, 6.45) is 12.5. The van der Waals surface area contributed by atoms with Gasteiger partial charge in [0.15, 0.2) is 17.4 Å². The van der Waals surface area contributed by atoms with Crippen LogP contribution in [0.2, 0.25) is 0 Å². The summed E-state index contributed by atoms with van der Waals surface area (Å²) in [7, 11) is 1.43. The van der Waals surface area contributed by atoms with Crippen LogP contribution in [0.1, 0.15) is 27.9 Å². The molecule has 0 amide bonds. The van der Waals surface area contributed by atoms with Gasteiger partial charge in [0, 0.05) is 30.2 Å². The molecule has 2 aromatic carbocycles. The number of hydrogen-bond donors (Lipinski definition) is 1. The van der Waals surface area contributed by atoms with Crippen LogP contribution >= 0.6 is 0 Å². The molecule has 0 bridgehead atoms. The Morgan fingerprint density at radius 1 is 1.00 bits per heavy atom. The second-order valence-corrected chi connectivity index (χ2v) is 7.39. The number of rotatable bonds is 3. The van der Waals surface area contributed by atoms with E-state index in [1.807, 2.05) is 54.6 Å². The zero-order valence-electron chi connectivity index (χ0n) is 17.1. The molecule has 1 atom stereocenters. The van der Waals surface area contributed by atoms with Gasteiger partial charge in [-0.15, -0.1) is 0 Å². The fraction of sp³-hybridized carbons (Fsp3) is 0.111. The molecule has 31 heavy (non-hydrogen) atoms. The summed E-state index contributed by atoms with van der Waals surface area (Å²) in [4.78, 5) is 23.6. The molecule has 0 aromatic heterocycles. The molecule has 2 aromatic rings. The van der Waals surface area contributed by atoms with Crippen molar-refractivity contribution in [1.82, 2.24) is 0 Å². The van der Waals surface area contributed by atoms with E-state index in [2.05, 4.69) is 6.07 Å². The number of fused-ring (bicyclic) bond motifs is 3. The number of methoxy groups -OCH3 is 1. The van der Waals surface area contributed by atoms with Gasteiger partial charge in [-0.1, -0.05) is 78.9 Å². The number of carbonyl (C=O) groups is 2. The molecule has 1 unspecified atom stereocenters. The maximum absolute atomic E-state index is 12.1. The minimum Gasteiger partial charge on any atom is -0.362 e. The van der Waals surface area contributed by atoms with Crippen LogP contribution in [0.4, 0.5) is 0 Å². The lowest BCUT2D eigenvalue weighted by Gasteiger charge is -2.24. The number of aliphatic hydroxyl groups is 1. The normalized spacial score (nSPS) is 20.6. The first-order valence-electron chi connectivity index (χ1n) is 10.0. The first-order valence-corrected chi connectivity index (χ1v) is 10.0. The van der Waals surface area contributed by atoms with E-state index >= 15 is 0 Å². The molecule has 0 saturated carbocycles. The second-order valence-electron chi connectivity index (χ2n) is 7.39. The van der Waals surface area contributed by atoms with Crippen molar-refractivity contribution in [1.29, 1.82) is 0 Å². The van der Waals surface area contributed by atoms with Crippen LogP contribution in [-0.2, 0) is 9.53 Å². The molecular weight excluding hydrogens is 388 g/mol. The number of ether oxygens (including phenoxy) is 1. The number of Topliss-reactive ketones (excluding diaryl/α,β-unsaturated/α-hetero) is 1. The summed E-state index contributed by atoms with van der Waals surface area (Å²) in [6.45, 7) is 0. The number of benzene rings is 2. The van der Waals surface area contributed by atoms with Gasteiger partial charge in [-0.2, -0.15) is 0 Å². The molecular formula is C27H22O4. The summed E-state index contributed by atoms with van der Waals surface area (Å²) in [5, 5.41) is 9.79. The minimum atomic E-state index is -1.28. The Morgan fingerprint density at radius 3 is 2.45 bits per heavy atom. The molecule has 0 heterocycles. The molecule has 0 radical (unpaired) electrons. The van der Waals surface area contributed by atoms with Gasteiger partial charge in [0.2, 0.25) is 0 Å². The van der Waals surface area contributed by atoms with E-state index in [4.69, 9.17) is 4.74 Å². The molecule has 1 N–H and O–H groups in total. The molecule has 5 rings (SSSR count). The fourth-order valence-corrected chi connectivity index (χ4v) is 3.64. The van der Waals surface area contributed by atoms with Crippen molar-refractivity contribution in [2.45, 2.75) is 12.2 Å². The first-order chi connectivity index (χ1) is 15.0. The van der Waals surface area contributed by atoms with E-state index in [-0.39, 0.29) is 18.0 Å². The van der Waals surface area contributed by atoms with Gasteiger partial charge in [-0.05, 0) is 34.9 Å². The molecule has 0 spiro atoms. The summed E-state index contributed by atoms with van der Waals surface area (Å²) >= 11 is 0. The third-order valence-corrected chi connectivity index (χ3v) is 5.41. The Bertz CT molecular complexity index is 1180. The Kier molecular flexibility index (Phi) is 5.76. The molecule has 0 saturated heterocycles. The third-order valence-electron chi connectivity index (χ3n) is 5.41. The number of hydrogen-bond acceptors (Lipinski definition) is 4. The summed E-state index contributed by atoms with van der Waals surface area (Å²) in [5.74, 6) is -1.21. The van der Waals surface area contributed by atoms with E-state index in [0.29, 0.717) is 11.1 Å². The van der Waals surface area contributed by atoms with Gasteiger partial charge in [0.1, 0.15) is 0 Å². The summed E-state index contributed by atoms with van der Waals surface area (Å²) in [5.41, 5.74) is 5.43. The maximum Gasteiger partial charge on any atom is 0.192 e. The van der Waals surface area contributed by atoms with Crippen molar-refractivity contribution in [2.24, 2.45) is 0 Å². The summed E-state index contributed by atoms with van der Waals surface area (Å²) in [6, 6.07) is 17.1. The minimum absolute atomic E-state index is 0.0417. The highest BCUT2D eigenvalue weighted by molar-refractivity contribution is 6.23. The van der Waals surface area contributed by atoms with Crippen LogP contribution in [0.3, 0.4) is 0 Å². The Balaban J connectivity index is 0.000000151. The predicted octanol–water partition coefficient (Wildman–Crippen LogP) is 4.70. The molecule has 4 nitrogen and oxygen atoms in total. The van der Waals surface area contributed by atoms with E-state index in [1.165, 1.54) is 18.7 Å². The quantitative estimate of drug-likeness (QED) is 0.589. The highest BCUT2D eigenvalue weighted by Crippen LogP contribution is 2.37. The van der Waals surface area contributed by atoms with Gasteiger partial charge in [-0.3, -0.25) is 9.59 Å². The van der Waals surface area contributed by atoms with Crippen molar-refractivity contribution in [3.8, 4) is 0 Å². The summed E-state index contributed by atoms with van der Waals surface area (Å²) < 4.78 is 4.93. The number of allylic oxidation sites excluding steroid dienone is 7. The van der Waals surface area contributed by atoms with Crippen molar-refractivity contribution >= 4 is 23.2 Å². The molecule has 3 aliphatic rings. The monoisotopic (exact) mass is 410 g/mol. The van der Waals surface area contributed by atoms with Gasteiger partial charge in [0.05, 0.1) is 0 Å². The lowest BCUT2D eigenvalue weighted by atomic mass is 9.96. The van der Waals surface area contributed by atoms with Gasteiger partial charge >= 0.3 is 0 Å².